The van der Waals surface area contributed by atoms with Gasteiger partial charge in [-0.3, -0.25) is 9.67 Å². The van der Waals surface area contributed by atoms with Gasteiger partial charge in [-0.15, -0.1) is 0 Å². The minimum Gasteiger partial charge on any atom is -0.478 e. The monoisotopic (exact) mass is 246 g/mol. The molecule has 94 valence electrons. The molecule has 0 atom stereocenters. The Kier molecular flexibility index (Phi) is 3.27. The first-order valence-electron chi connectivity index (χ1n) is 5.48. The van der Waals surface area contributed by atoms with Crippen LogP contribution in [0.4, 0.5) is 5.69 Å². The fraction of sp³-hybridized carbons (Fsp3) is 0.250. The first-order valence-corrected chi connectivity index (χ1v) is 5.48. The number of anilines is 1. The van der Waals surface area contributed by atoms with Crippen molar-refractivity contribution in [1.29, 1.82) is 0 Å². The highest BCUT2D eigenvalue weighted by atomic mass is 16.4. The van der Waals surface area contributed by atoms with Crippen LogP contribution < -0.4 is 5.32 Å². The van der Waals surface area contributed by atoms with Crippen LogP contribution in [-0.2, 0) is 13.6 Å². The molecule has 2 aromatic heterocycles. The molecule has 0 amide bonds. The summed E-state index contributed by atoms with van der Waals surface area (Å²) in [5.74, 6) is -0.992. The highest BCUT2D eigenvalue weighted by Gasteiger charge is 2.10. The average Bonchev–Trinajstić information content (AvgIpc) is 2.68. The van der Waals surface area contributed by atoms with E-state index in [9.17, 15) is 4.79 Å². The second-order valence-corrected chi connectivity index (χ2v) is 3.96. The van der Waals surface area contributed by atoms with Crippen LogP contribution in [0.1, 0.15) is 21.6 Å². The van der Waals surface area contributed by atoms with Crippen LogP contribution in [0.25, 0.3) is 0 Å². The average molecular weight is 246 g/mol. The van der Waals surface area contributed by atoms with Gasteiger partial charge in [0.2, 0.25) is 0 Å². The van der Waals surface area contributed by atoms with Crippen LogP contribution in [0.5, 0.6) is 0 Å². The molecule has 2 rings (SSSR count). The lowest BCUT2D eigenvalue weighted by Crippen LogP contribution is -2.07. The number of carboxylic acid groups (broad SMARTS) is 1. The molecule has 2 aromatic rings. The number of pyridine rings is 1. The van der Waals surface area contributed by atoms with E-state index in [1.807, 2.05) is 14.0 Å². The topological polar surface area (TPSA) is 80.0 Å². The normalized spacial score (nSPS) is 10.3. The quantitative estimate of drug-likeness (QED) is 0.853. The molecule has 0 fully saturated rings. The van der Waals surface area contributed by atoms with E-state index in [1.54, 1.807) is 23.1 Å². The van der Waals surface area contributed by atoms with E-state index in [0.29, 0.717) is 12.2 Å². The van der Waals surface area contributed by atoms with Crippen LogP contribution in [-0.4, -0.2) is 25.8 Å². The van der Waals surface area contributed by atoms with Crippen molar-refractivity contribution in [2.75, 3.05) is 5.32 Å². The number of rotatable bonds is 4. The van der Waals surface area contributed by atoms with Crippen molar-refractivity contribution in [3.8, 4) is 0 Å². The van der Waals surface area contributed by atoms with Crippen molar-refractivity contribution in [3.05, 3.63) is 41.5 Å². The molecule has 6 nitrogen and oxygen atoms in total. The summed E-state index contributed by atoms with van der Waals surface area (Å²) in [7, 11) is 1.87. The summed E-state index contributed by atoms with van der Waals surface area (Å²) < 4.78 is 1.78. The van der Waals surface area contributed by atoms with Gasteiger partial charge in [-0.2, -0.15) is 5.10 Å². The van der Waals surface area contributed by atoms with Crippen molar-refractivity contribution < 1.29 is 9.90 Å². The number of aromatic nitrogens is 3. The molecule has 0 aliphatic heterocycles. The molecule has 0 spiro atoms. The van der Waals surface area contributed by atoms with Crippen molar-refractivity contribution in [2.45, 2.75) is 13.5 Å². The van der Waals surface area contributed by atoms with Gasteiger partial charge < -0.3 is 10.4 Å². The van der Waals surface area contributed by atoms with Crippen molar-refractivity contribution in [2.24, 2.45) is 7.05 Å². The molecule has 0 saturated carbocycles. The van der Waals surface area contributed by atoms with Crippen LogP contribution in [0.3, 0.4) is 0 Å². The predicted molar refractivity (Wildman–Crippen MR) is 66.5 cm³/mol. The number of aromatic carboxylic acids is 1. The lowest BCUT2D eigenvalue weighted by atomic mass is 10.2. The molecule has 0 aliphatic rings. The molecular formula is C12H14N4O2. The smallest absolute Gasteiger partial charge is 0.339 e. The Morgan fingerprint density at radius 1 is 1.50 bits per heavy atom. The number of hydrogen-bond acceptors (Lipinski definition) is 4. The third-order valence-corrected chi connectivity index (χ3v) is 2.86. The van der Waals surface area contributed by atoms with E-state index in [2.05, 4.69) is 15.4 Å². The minimum atomic E-state index is -0.992. The van der Waals surface area contributed by atoms with Gasteiger partial charge in [0, 0.05) is 37.2 Å². The summed E-state index contributed by atoms with van der Waals surface area (Å²) >= 11 is 0. The van der Waals surface area contributed by atoms with Gasteiger partial charge in [0.05, 0.1) is 11.9 Å². The standard InChI is InChI=1S/C12H14N4O2/c1-8-9(6-15-16(8)2)5-14-11-3-4-13-7-10(11)12(17)18/h3-4,6-7H,5H2,1-2H3,(H,13,14)(H,17,18). The Hall–Kier alpha value is -2.37. The molecule has 0 bridgehead atoms. The molecule has 6 heteroatoms. The van der Waals surface area contributed by atoms with Gasteiger partial charge in [0.15, 0.2) is 0 Å². The number of carbonyl (C=O) groups is 1. The molecule has 0 aromatic carbocycles. The Morgan fingerprint density at radius 2 is 2.28 bits per heavy atom. The second-order valence-electron chi connectivity index (χ2n) is 3.96. The van der Waals surface area contributed by atoms with Crippen molar-refractivity contribution >= 4 is 11.7 Å². The van der Waals surface area contributed by atoms with E-state index in [4.69, 9.17) is 5.11 Å². The van der Waals surface area contributed by atoms with Crippen LogP contribution in [0, 0.1) is 6.92 Å². The maximum atomic E-state index is 11.0. The molecule has 2 N–H and O–H groups in total. The third-order valence-electron chi connectivity index (χ3n) is 2.86. The second kappa shape index (κ2) is 4.87. The van der Waals surface area contributed by atoms with Gasteiger partial charge >= 0.3 is 5.97 Å². The zero-order chi connectivity index (χ0) is 13.1. The van der Waals surface area contributed by atoms with Crippen LogP contribution >= 0.6 is 0 Å². The minimum absolute atomic E-state index is 0.166. The first-order chi connectivity index (χ1) is 8.59. The summed E-state index contributed by atoms with van der Waals surface area (Å²) in [5, 5.41) is 16.2. The summed E-state index contributed by atoms with van der Waals surface area (Å²) in [6.45, 7) is 2.50. The van der Waals surface area contributed by atoms with Crippen molar-refractivity contribution in [3.63, 3.8) is 0 Å². The van der Waals surface area contributed by atoms with E-state index < -0.39 is 5.97 Å². The van der Waals surface area contributed by atoms with E-state index in [0.717, 1.165) is 11.3 Å². The fourth-order valence-corrected chi connectivity index (χ4v) is 1.63. The third kappa shape index (κ3) is 2.32. The molecule has 2 heterocycles. The molecular weight excluding hydrogens is 232 g/mol. The zero-order valence-corrected chi connectivity index (χ0v) is 10.2. The lowest BCUT2D eigenvalue weighted by Gasteiger charge is -2.08. The van der Waals surface area contributed by atoms with Crippen LogP contribution in [0.15, 0.2) is 24.7 Å². The number of aryl methyl sites for hydroxylation is 1. The highest BCUT2D eigenvalue weighted by Crippen LogP contribution is 2.15. The summed E-state index contributed by atoms with van der Waals surface area (Å²) in [5.41, 5.74) is 2.80. The summed E-state index contributed by atoms with van der Waals surface area (Å²) in [6, 6.07) is 1.65. The lowest BCUT2D eigenvalue weighted by molar-refractivity contribution is 0.0697. The Bertz CT molecular complexity index is 577. The Morgan fingerprint density at radius 3 is 2.89 bits per heavy atom. The molecule has 18 heavy (non-hydrogen) atoms. The first kappa shape index (κ1) is 12.1. The maximum Gasteiger partial charge on any atom is 0.339 e. The van der Waals surface area contributed by atoms with Gasteiger partial charge in [-0.1, -0.05) is 0 Å². The van der Waals surface area contributed by atoms with E-state index in [1.165, 1.54) is 6.20 Å². The molecule has 0 aliphatic carbocycles. The largest absolute Gasteiger partial charge is 0.478 e. The number of nitrogens with zero attached hydrogens (tertiary/aromatic N) is 3. The van der Waals surface area contributed by atoms with Gasteiger partial charge in [-0.05, 0) is 13.0 Å². The SMILES string of the molecule is Cc1c(CNc2ccncc2C(=O)O)cnn1C. The molecule has 0 saturated heterocycles. The van der Waals surface area contributed by atoms with Crippen LogP contribution in [0.2, 0.25) is 0 Å². The van der Waals surface area contributed by atoms with E-state index >= 15 is 0 Å². The summed E-state index contributed by atoms with van der Waals surface area (Å²) in [6.07, 6.45) is 4.66. The van der Waals surface area contributed by atoms with Gasteiger partial charge in [0.25, 0.3) is 0 Å². The van der Waals surface area contributed by atoms with Gasteiger partial charge in [0.1, 0.15) is 5.56 Å². The summed E-state index contributed by atoms with van der Waals surface area (Å²) in [4.78, 5) is 14.8. The predicted octanol–water partition coefficient (Wildman–Crippen LogP) is 1.43. The Labute approximate surface area is 104 Å². The van der Waals surface area contributed by atoms with Crippen molar-refractivity contribution in [1.82, 2.24) is 14.8 Å². The molecule has 0 radical (unpaired) electrons. The van der Waals surface area contributed by atoms with Gasteiger partial charge in [-0.25, -0.2) is 4.79 Å². The maximum absolute atomic E-state index is 11.0. The Balaban J connectivity index is 2.16. The molecule has 0 unspecified atom stereocenters. The number of hydrogen-bond donors (Lipinski definition) is 2. The van der Waals surface area contributed by atoms with E-state index in [-0.39, 0.29) is 5.56 Å². The number of carboxylic acids is 1. The fourth-order valence-electron chi connectivity index (χ4n) is 1.63. The zero-order valence-electron chi connectivity index (χ0n) is 10.2. The highest BCUT2D eigenvalue weighted by molar-refractivity contribution is 5.93. The number of nitrogens with one attached hydrogen (secondary N) is 1.